The molecule has 0 atom stereocenters. The molecule has 4 amide bonds. The van der Waals surface area contributed by atoms with Crippen molar-refractivity contribution in [3.63, 3.8) is 0 Å². The minimum absolute atomic E-state index is 0.193. The minimum atomic E-state index is -0.193. The van der Waals surface area contributed by atoms with Gasteiger partial charge in [0.15, 0.2) is 0 Å². The number of rotatable bonds is 20. The predicted octanol–water partition coefficient (Wildman–Crippen LogP) is 7.64. The van der Waals surface area contributed by atoms with E-state index in [4.69, 9.17) is 32.9 Å². The summed E-state index contributed by atoms with van der Waals surface area (Å²) in [6.07, 6.45) is 10.6. The number of nitrogens with one attached hydrogen (secondary N) is 6. The zero-order chi connectivity index (χ0) is 53.0. The Morgan fingerprint density at radius 3 is 0.737 bits per heavy atom. The second-order valence-electron chi connectivity index (χ2n) is 18.4. The standard InChI is InChI=1S/C60H62N12O4/c61-29-1-33-65-57(73)41-13-5-37(6-14-41)53-45-21-23-47(69-45)54(38-7-15-42(16-8-38)58(74)66-34-2-30-62)49-25-27-51(71-49)56(40-11-19-44(20-12-40)60(76)68-36-4-32-64)52-28-26-50(72-52)55(48-24-22-46(53)70-48)39-9-17-43(18-10-39)59(75)67-35-3-31-63/h5-28,69,72H,1-4,29-36,61-64H2,(H,65,73)(H,66,74)(H,67,75)(H,68,76). The Bertz CT molecular complexity index is 3030. The number of carbonyl (C=O) groups excluding carboxylic acids is 4. The highest BCUT2D eigenvalue weighted by molar-refractivity contribution is 6.02. The summed E-state index contributed by atoms with van der Waals surface area (Å²) in [6, 6.07) is 37.9. The molecule has 8 bridgehead atoms. The first-order valence-electron chi connectivity index (χ1n) is 25.7. The van der Waals surface area contributed by atoms with Crippen molar-refractivity contribution >= 4 is 70.0 Å². The van der Waals surface area contributed by atoms with E-state index in [1.54, 1.807) is 48.5 Å². The van der Waals surface area contributed by atoms with Crippen LogP contribution in [0.2, 0.25) is 0 Å². The van der Waals surface area contributed by atoms with Gasteiger partial charge in [-0.25, -0.2) is 9.97 Å². The molecule has 0 aliphatic carbocycles. The molecule has 2 aliphatic rings. The number of aromatic nitrogens is 4. The fourth-order valence-corrected chi connectivity index (χ4v) is 9.20. The van der Waals surface area contributed by atoms with Gasteiger partial charge in [-0.05, 0) is 171 Å². The zero-order valence-corrected chi connectivity index (χ0v) is 42.2. The van der Waals surface area contributed by atoms with Crippen LogP contribution in [0.25, 0.3) is 90.9 Å². The number of amides is 4. The van der Waals surface area contributed by atoms with Crippen LogP contribution in [-0.4, -0.2) is 95.9 Å². The van der Waals surface area contributed by atoms with E-state index in [9.17, 15) is 19.2 Å². The van der Waals surface area contributed by atoms with Crippen molar-refractivity contribution in [2.45, 2.75) is 25.7 Å². The number of carbonyl (C=O) groups is 4. The van der Waals surface area contributed by atoms with E-state index in [1.807, 2.05) is 97.1 Å². The third-order valence-electron chi connectivity index (χ3n) is 13.2. The van der Waals surface area contributed by atoms with E-state index < -0.39 is 0 Å². The van der Waals surface area contributed by atoms with Gasteiger partial charge in [-0.3, -0.25) is 19.2 Å². The van der Waals surface area contributed by atoms with Gasteiger partial charge < -0.3 is 54.2 Å². The second-order valence-corrected chi connectivity index (χ2v) is 18.4. The van der Waals surface area contributed by atoms with Crippen molar-refractivity contribution in [2.75, 3.05) is 52.4 Å². The molecule has 0 unspecified atom stereocenters. The van der Waals surface area contributed by atoms with Crippen molar-refractivity contribution in [3.8, 4) is 44.5 Å². The topological polar surface area (TPSA) is 278 Å². The van der Waals surface area contributed by atoms with Gasteiger partial charge in [0, 0.05) is 92.8 Å². The van der Waals surface area contributed by atoms with E-state index >= 15 is 0 Å². The third kappa shape index (κ3) is 11.8. The van der Waals surface area contributed by atoms with Crippen LogP contribution >= 0.6 is 0 Å². The third-order valence-corrected chi connectivity index (χ3v) is 13.2. The lowest BCUT2D eigenvalue weighted by Crippen LogP contribution is -2.25. The van der Waals surface area contributed by atoms with E-state index in [0.29, 0.717) is 123 Å². The summed E-state index contributed by atoms with van der Waals surface area (Å²) in [4.78, 5) is 71.0. The van der Waals surface area contributed by atoms with Crippen LogP contribution in [0.4, 0.5) is 0 Å². The SMILES string of the molecule is NCCCNC(=O)c1ccc(-c2c3nc(c(-c4ccc(C(=O)NCCCN)cc4)c4ccc([nH]4)c(-c4ccc(C(=O)NCCCN)cc4)c4nc(c(-c5ccc(C(=O)NCCCN)cc5)c5ccc2[nH]5)C=C4)C=C3)cc1. The number of hydrogen-bond donors (Lipinski definition) is 10. The average molecular weight is 1020 g/mol. The lowest BCUT2D eigenvalue weighted by atomic mass is 10.0. The molecule has 3 aromatic heterocycles. The highest BCUT2D eigenvalue weighted by Crippen LogP contribution is 2.39. The summed E-state index contributed by atoms with van der Waals surface area (Å²) >= 11 is 0. The van der Waals surface area contributed by atoms with Gasteiger partial charge in [-0.15, -0.1) is 0 Å². The number of H-pyrrole nitrogens is 2. The Kier molecular flexibility index (Phi) is 16.8. The number of aromatic amines is 2. The maximum atomic E-state index is 13.2. The normalized spacial score (nSPS) is 11.6. The summed E-state index contributed by atoms with van der Waals surface area (Å²) in [7, 11) is 0. The molecule has 14 N–H and O–H groups in total. The van der Waals surface area contributed by atoms with E-state index in [2.05, 4.69) is 31.2 Å². The fraction of sp³-hybridized carbons (Fsp3) is 0.200. The quantitative estimate of drug-likeness (QED) is 0.0333. The zero-order valence-electron chi connectivity index (χ0n) is 42.2. The molecular formula is C60H62N12O4. The summed E-state index contributed by atoms with van der Waals surface area (Å²) in [5, 5.41) is 11.8. The summed E-state index contributed by atoms with van der Waals surface area (Å²) in [5.41, 5.74) is 36.8. The first-order chi connectivity index (χ1) is 37.2. The summed E-state index contributed by atoms with van der Waals surface area (Å²) in [5.74, 6) is -0.773. The van der Waals surface area contributed by atoms with Crippen LogP contribution in [0.3, 0.4) is 0 Å². The van der Waals surface area contributed by atoms with Crippen molar-refractivity contribution in [3.05, 3.63) is 166 Å². The van der Waals surface area contributed by atoms with Crippen LogP contribution in [0, 0.1) is 0 Å². The fourth-order valence-electron chi connectivity index (χ4n) is 9.20. The first-order valence-corrected chi connectivity index (χ1v) is 25.7. The Morgan fingerprint density at radius 1 is 0.329 bits per heavy atom. The Labute approximate surface area is 440 Å². The highest BCUT2D eigenvalue weighted by atomic mass is 16.2. The number of hydrogen-bond acceptors (Lipinski definition) is 10. The van der Waals surface area contributed by atoms with Crippen molar-refractivity contribution in [2.24, 2.45) is 22.9 Å². The summed E-state index contributed by atoms with van der Waals surface area (Å²) < 4.78 is 0. The molecule has 0 saturated carbocycles. The molecule has 0 radical (unpaired) electrons. The van der Waals surface area contributed by atoms with Gasteiger partial charge in [0.1, 0.15) is 0 Å². The van der Waals surface area contributed by atoms with Crippen LogP contribution < -0.4 is 44.2 Å². The minimum Gasteiger partial charge on any atom is -0.354 e. The molecule has 16 nitrogen and oxygen atoms in total. The molecule has 0 spiro atoms. The molecule has 0 fully saturated rings. The van der Waals surface area contributed by atoms with Gasteiger partial charge in [-0.2, -0.15) is 0 Å². The summed E-state index contributed by atoms with van der Waals surface area (Å²) in [6.45, 7) is 3.77. The van der Waals surface area contributed by atoms with Crippen LogP contribution in [0.15, 0.2) is 121 Å². The van der Waals surface area contributed by atoms with Crippen LogP contribution in [-0.2, 0) is 0 Å². The Balaban J connectivity index is 1.30. The molecule has 16 heteroatoms. The lowest BCUT2D eigenvalue weighted by Gasteiger charge is -2.09. The molecular weight excluding hydrogens is 953 g/mol. The molecule has 5 heterocycles. The molecule has 386 valence electrons. The van der Waals surface area contributed by atoms with E-state index in [0.717, 1.165) is 66.6 Å². The molecule has 7 aromatic rings. The highest BCUT2D eigenvalue weighted by Gasteiger charge is 2.21. The van der Waals surface area contributed by atoms with Gasteiger partial charge in [0.2, 0.25) is 0 Å². The Hall–Kier alpha value is -8.80. The first kappa shape index (κ1) is 52.1. The average Bonchev–Trinajstić information content (AvgIpc) is 4.33. The number of benzene rings is 4. The van der Waals surface area contributed by atoms with E-state index in [1.165, 1.54) is 0 Å². The lowest BCUT2D eigenvalue weighted by molar-refractivity contribution is 0.0945. The van der Waals surface area contributed by atoms with Gasteiger partial charge >= 0.3 is 0 Å². The number of nitrogens with two attached hydrogens (primary N) is 4. The van der Waals surface area contributed by atoms with Crippen molar-refractivity contribution < 1.29 is 19.2 Å². The Morgan fingerprint density at radius 2 is 0.539 bits per heavy atom. The predicted molar refractivity (Wildman–Crippen MR) is 305 cm³/mol. The molecule has 2 aliphatic heterocycles. The smallest absolute Gasteiger partial charge is 0.251 e. The van der Waals surface area contributed by atoms with Gasteiger partial charge in [0.25, 0.3) is 23.6 Å². The largest absolute Gasteiger partial charge is 0.354 e. The molecule has 0 saturated heterocycles. The van der Waals surface area contributed by atoms with Crippen LogP contribution in [0.1, 0.15) is 89.9 Å². The van der Waals surface area contributed by atoms with Gasteiger partial charge in [-0.1, -0.05) is 48.5 Å². The number of fused-ring (bicyclic) bond motifs is 8. The van der Waals surface area contributed by atoms with Crippen LogP contribution in [0.5, 0.6) is 0 Å². The number of nitrogens with zero attached hydrogens (tertiary/aromatic N) is 2. The monoisotopic (exact) mass is 1010 g/mol. The molecule has 4 aromatic carbocycles. The molecule has 76 heavy (non-hydrogen) atoms. The van der Waals surface area contributed by atoms with Gasteiger partial charge in [0.05, 0.1) is 22.8 Å². The maximum absolute atomic E-state index is 13.2. The second kappa shape index (κ2) is 24.5. The van der Waals surface area contributed by atoms with E-state index in [-0.39, 0.29) is 23.6 Å². The molecule has 9 rings (SSSR count). The van der Waals surface area contributed by atoms with Crippen molar-refractivity contribution in [1.29, 1.82) is 0 Å². The van der Waals surface area contributed by atoms with Crippen molar-refractivity contribution in [1.82, 2.24) is 41.2 Å². The maximum Gasteiger partial charge on any atom is 0.251 e.